The van der Waals surface area contributed by atoms with Crippen molar-refractivity contribution in [2.24, 2.45) is 0 Å². The second-order valence-electron chi connectivity index (χ2n) is 4.63. The summed E-state index contributed by atoms with van der Waals surface area (Å²) in [7, 11) is 0. The summed E-state index contributed by atoms with van der Waals surface area (Å²) in [6.45, 7) is 1.63. The number of aryl methyl sites for hydroxylation is 2. The van der Waals surface area contributed by atoms with Crippen LogP contribution in [0.15, 0.2) is 18.3 Å². The van der Waals surface area contributed by atoms with Crippen molar-refractivity contribution in [3.8, 4) is 0 Å². The Morgan fingerprint density at radius 3 is 2.56 bits per heavy atom. The molecule has 0 saturated carbocycles. The molecule has 0 radical (unpaired) electrons. The molecule has 0 spiro atoms. The standard InChI is InChI=1S/C14H15NO/c1-9(16)13-8-15-14-7-11-5-3-2-4-10(11)6-12(13)14/h6-8,15H,2-5H2,1H3. The van der Waals surface area contributed by atoms with Gasteiger partial charge in [0, 0.05) is 22.7 Å². The van der Waals surface area contributed by atoms with E-state index in [1.54, 1.807) is 6.92 Å². The molecule has 0 aliphatic heterocycles. The van der Waals surface area contributed by atoms with Crippen LogP contribution in [-0.2, 0) is 12.8 Å². The molecule has 2 nitrogen and oxygen atoms in total. The number of hydrogen-bond acceptors (Lipinski definition) is 1. The minimum atomic E-state index is 0.141. The number of H-pyrrole nitrogens is 1. The summed E-state index contributed by atoms with van der Waals surface area (Å²) < 4.78 is 0. The van der Waals surface area contributed by atoms with Crippen molar-refractivity contribution in [1.82, 2.24) is 4.98 Å². The van der Waals surface area contributed by atoms with E-state index in [2.05, 4.69) is 17.1 Å². The Balaban J connectivity index is 2.25. The van der Waals surface area contributed by atoms with Gasteiger partial charge in [-0.25, -0.2) is 0 Å². The lowest BCUT2D eigenvalue weighted by molar-refractivity contribution is 0.101. The highest BCUT2D eigenvalue weighted by Crippen LogP contribution is 2.28. The highest BCUT2D eigenvalue weighted by Gasteiger charge is 2.14. The summed E-state index contributed by atoms with van der Waals surface area (Å²) in [4.78, 5) is 14.7. The van der Waals surface area contributed by atoms with Gasteiger partial charge in [0.1, 0.15) is 0 Å². The molecule has 1 aliphatic rings. The SMILES string of the molecule is CC(=O)c1c[nH]c2cc3c(cc12)CCCC3. The Bertz CT molecular complexity index is 565. The Morgan fingerprint density at radius 1 is 1.19 bits per heavy atom. The number of fused-ring (bicyclic) bond motifs is 2. The van der Waals surface area contributed by atoms with Crippen molar-refractivity contribution in [3.05, 3.63) is 35.0 Å². The second-order valence-corrected chi connectivity index (χ2v) is 4.63. The van der Waals surface area contributed by atoms with Crippen molar-refractivity contribution in [3.63, 3.8) is 0 Å². The van der Waals surface area contributed by atoms with Crippen LogP contribution in [0.25, 0.3) is 10.9 Å². The third kappa shape index (κ3) is 1.37. The smallest absolute Gasteiger partial charge is 0.161 e. The molecule has 1 aromatic carbocycles. The zero-order chi connectivity index (χ0) is 11.1. The van der Waals surface area contributed by atoms with Gasteiger partial charge >= 0.3 is 0 Å². The van der Waals surface area contributed by atoms with Crippen molar-refractivity contribution >= 4 is 16.7 Å². The molecule has 3 rings (SSSR count). The van der Waals surface area contributed by atoms with Gasteiger partial charge in [-0.1, -0.05) is 0 Å². The topological polar surface area (TPSA) is 32.9 Å². The van der Waals surface area contributed by atoms with Crippen LogP contribution < -0.4 is 0 Å². The van der Waals surface area contributed by atoms with Crippen LogP contribution in [0, 0.1) is 0 Å². The zero-order valence-corrected chi connectivity index (χ0v) is 9.47. The van der Waals surface area contributed by atoms with Crippen LogP contribution in [0.4, 0.5) is 0 Å². The quantitative estimate of drug-likeness (QED) is 0.725. The number of carbonyl (C=O) groups is 1. The predicted octanol–water partition coefficient (Wildman–Crippen LogP) is 3.25. The molecule has 1 heterocycles. The fraction of sp³-hybridized carbons (Fsp3) is 0.357. The number of benzene rings is 1. The summed E-state index contributed by atoms with van der Waals surface area (Å²) in [5.74, 6) is 0.141. The monoisotopic (exact) mass is 213 g/mol. The lowest BCUT2D eigenvalue weighted by Crippen LogP contribution is -2.02. The molecule has 0 saturated heterocycles. The van der Waals surface area contributed by atoms with Gasteiger partial charge in [-0.2, -0.15) is 0 Å². The Labute approximate surface area is 94.7 Å². The van der Waals surface area contributed by atoms with Gasteiger partial charge in [-0.15, -0.1) is 0 Å². The average molecular weight is 213 g/mol. The first-order valence-corrected chi connectivity index (χ1v) is 5.89. The molecule has 0 unspecified atom stereocenters. The van der Waals surface area contributed by atoms with Crippen LogP contribution >= 0.6 is 0 Å². The largest absolute Gasteiger partial charge is 0.360 e. The summed E-state index contributed by atoms with van der Waals surface area (Å²) in [5.41, 5.74) is 4.81. The van der Waals surface area contributed by atoms with Gasteiger partial charge < -0.3 is 4.98 Å². The maximum absolute atomic E-state index is 11.5. The zero-order valence-electron chi connectivity index (χ0n) is 9.47. The first-order chi connectivity index (χ1) is 7.75. The van der Waals surface area contributed by atoms with Crippen LogP contribution in [-0.4, -0.2) is 10.8 Å². The van der Waals surface area contributed by atoms with Gasteiger partial charge in [-0.3, -0.25) is 4.79 Å². The van der Waals surface area contributed by atoms with Crippen molar-refractivity contribution < 1.29 is 4.79 Å². The fourth-order valence-corrected chi connectivity index (χ4v) is 2.65. The number of carbonyl (C=O) groups excluding carboxylic acids is 1. The minimum absolute atomic E-state index is 0.141. The molecular formula is C14H15NO. The number of Topliss-reactive ketones (excluding diaryl/α,β-unsaturated/α-hetero) is 1. The molecule has 2 aromatic rings. The number of nitrogens with one attached hydrogen (secondary N) is 1. The van der Waals surface area contributed by atoms with Crippen LogP contribution in [0.2, 0.25) is 0 Å². The summed E-state index contributed by atoms with van der Waals surface area (Å²) in [6.07, 6.45) is 6.74. The van der Waals surface area contributed by atoms with Crippen LogP contribution in [0.5, 0.6) is 0 Å². The van der Waals surface area contributed by atoms with Crippen LogP contribution in [0.1, 0.15) is 41.3 Å². The Kier molecular flexibility index (Phi) is 2.10. The minimum Gasteiger partial charge on any atom is -0.360 e. The van der Waals surface area contributed by atoms with Gasteiger partial charge in [0.05, 0.1) is 0 Å². The fourth-order valence-electron chi connectivity index (χ4n) is 2.65. The molecule has 82 valence electrons. The van der Waals surface area contributed by atoms with Gasteiger partial charge in [0.2, 0.25) is 0 Å². The van der Waals surface area contributed by atoms with E-state index in [1.807, 2.05) is 6.20 Å². The van der Waals surface area contributed by atoms with Crippen molar-refractivity contribution in [2.75, 3.05) is 0 Å². The molecular weight excluding hydrogens is 198 g/mol. The number of ketones is 1. The highest BCUT2D eigenvalue weighted by atomic mass is 16.1. The summed E-state index contributed by atoms with van der Waals surface area (Å²) in [6, 6.07) is 4.42. The van der Waals surface area contributed by atoms with Gasteiger partial charge in [0.25, 0.3) is 0 Å². The lowest BCUT2D eigenvalue weighted by Gasteiger charge is -2.15. The lowest BCUT2D eigenvalue weighted by atomic mass is 9.90. The van der Waals surface area contributed by atoms with Crippen molar-refractivity contribution in [1.29, 1.82) is 0 Å². The number of aromatic amines is 1. The molecule has 2 heteroatoms. The molecule has 1 aromatic heterocycles. The second kappa shape index (κ2) is 3.48. The first kappa shape index (κ1) is 9.64. The third-order valence-electron chi connectivity index (χ3n) is 3.52. The predicted molar refractivity (Wildman–Crippen MR) is 64.9 cm³/mol. The molecule has 1 N–H and O–H groups in total. The molecule has 0 amide bonds. The van der Waals surface area contributed by atoms with Crippen LogP contribution in [0.3, 0.4) is 0 Å². The third-order valence-corrected chi connectivity index (χ3v) is 3.52. The number of rotatable bonds is 1. The van der Waals surface area contributed by atoms with E-state index in [0.717, 1.165) is 22.9 Å². The van der Waals surface area contributed by atoms with Gasteiger partial charge in [-0.05, 0) is 55.9 Å². The molecule has 1 aliphatic carbocycles. The molecule has 0 atom stereocenters. The normalized spacial score (nSPS) is 15.1. The average Bonchev–Trinajstić information content (AvgIpc) is 2.68. The van der Waals surface area contributed by atoms with E-state index >= 15 is 0 Å². The van der Waals surface area contributed by atoms with E-state index in [9.17, 15) is 4.79 Å². The van der Waals surface area contributed by atoms with E-state index in [4.69, 9.17) is 0 Å². The Morgan fingerprint density at radius 2 is 1.88 bits per heavy atom. The number of aromatic nitrogens is 1. The maximum atomic E-state index is 11.5. The molecule has 0 fully saturated rings. The molecule has 16 heavy (non-hydrogen) atoms. The summed E-state index contributed by atoms with van der Waals surface area (Å²) >= 11 is 0. The van der Waals surface area contributed by atoms with E-state index in [0.29, 0.717) is 0 Å². The highest BCUT2D eigenvalue weighted by molar-refractivity contribution is 6.07. The van der Waals surface area contributed by atoms with Gasteiger partial charge in [0.15, 0.2) is 5.78 Å². The summed E-state index contributed by atoms with van der Waals surface area (Å²) in [5, 5.41) is 1.09. The van der Waals surface area contributed by atoms with E-state index in [1.165, 1.54) is 30.4 Å². The number of hydrogen-bond donors (Lipinski definition) is 1. The first-order valence-electron chi connectivity index (χ1n) is 5.89. The van der Waals surface area contributed by atoms with Crippen molar-refractivity contribution in [2.45, 2.75) is 32.6 Å². The maximum Gasteiger partial charge on any atom is 0.161 e. The molecule has 0 bridgehead atoms. The van der Waals surface area contributed by atoms with E-state index in [-0.39, 0.29) is 5.78 Å². The Hall–Kier alpha value is -1.57. The van der Waals surface area contributed by atoms with E-state index < -0.39 is 0 Å².